The van der Waals surface area contributed by atoms with E-state index in [-0.39, 0.29) is 22.5 Å². The van der Waals surface area contributed by atoms with E-state index < -0.39 is 26.8 Å². The first-order valence-corrected chi connectivity index (χ1v) is 7.72. The molecular formula is C17H12N4O7. The minimum absolute atomic E-state index is 0.0452. The van der Waals surface area contributed by atoms with Gasteiger partial charge in [0.15, 0.2) is 0 Å². The van der Waals surface area contributed by atoms with Crippen LogP contribution >= 0.6 is 0 Å². The van der Waals surface area contributed by atoms with Gasteiger partial charge in [0.1, 0.15) is 17.2 Å². The molecule has 3 rings (SSSR count). The lowest BCUT2D eigenvalue weighted by Gasteiger charge is -2.07. The van der Waals surface area contributed by atoms with Crippen LogP contribution in [0.25, 0.3) is 22.9 Å². The summed E-state index contributed by atoms with van der Waals surface area (Å²) < 4.78 is 5.14. The number of rotatable bonds is 5. The Labute approximate surface area is 155 Å². The zero-order chi connectivity index (χ0) is 20.4. The number of nitrogens with zero attached hydrogens (tertiary/aromatic N) is 3. The van der Waals surface area contributed by atoms with Crippen LogP contribution in [-0.2, 0) is 0 Å². The van der Waals surface area contributed by atoms with Crippen LogP contribution in [0.2, 0.25) is 0 Å². The molecule has 0 unspecified atom stereocenters. The van der Waals surface area contributed by atoms with Gasteiger partial charge in [0.05, 0.1) is 39.6 Å². The normalized spacial score (nSPS) is 11.4. The van der Waals surface area contributed by atoms with Crippen LogP contribution in [0.1, 0.15) is 11.3 Å². The average Bonchev–Trinajstić information content (AvgIpc) is 2.67. The van der Waals surface area contributed by atoms with Crippen molar-refractivity contribution < 1.29 is 19.7 Å². The molecule has 11 heteroatoms. The fourth-order valence-electron chi connectivity index (χ4n) is 2.58. The number of nitro groups is 2. The number of H-pyrrole nitrogens is 1. The second-order valence-corrected chi connectivity index (χ2v) is 5.55. The van der Waals surface area contributed by atoms with Gasteiger partial charge in [0, 0.05) is 12.1 Å². The Bertz CT molecular complexity index is 1200. The molecule has 28 heavy (non-hydrogen) atoms. The van der Waals surface area contributed by atoms with Gasteiger partial charge in [-0.05, 0) is 12.1 Å². The van der Waals surface area contributed by atoms with Crippen molar-refractivity contribution in [3.63, 3.8) is 0 Å². The lowest BCUT2D eigenvalue weighted by molar-refractivity contribution is -0.422. The van der Waals surface area contributed by atoms with Crippen LogP contribution in [0.3, 0.4) is 0 Å². The molecule has 0 aliphatic carbocycles. The first kappa shape index (κ1) is 18.5. The lowest BCUT2D eigenvalue weighted by atomic mass is 10.1. The molecule has 2 aromatic carbocycles. The molecule has 0 saturated carbocycles. The summed E-state index contributed by atoms with van der Waals surface area (Å²) in [5.74, 6) is 0.0472. The molecule has 1 heterocycles. The number of methoxy groups -OCH3 is 1. The van der Waals surface area contributed by atoms with Crippen LogP contribution in [0.5, 0.6) is 5.75 Å². The highest BCUT2D eigenvalue weighted by Crippen LogP contribution is 2.30. The first-order chi connectivity index (χ1) is 13.3. The van der Waals surface area contributed by atoms with Crippen LogP contribution in [0.15, 0.2) is 41.2 Å². The van der Waals surface area contributed by atoms with E-state index >= 15 is 0 Å². The second-order valence-electron chi connectivity index (χ2n) is 5.55. The van der Waals surface area contributed by atoms with Crippen LogP contribution < -0.4 is 10.3 Å². The van der Waals surface area contributed by atoms with E-state index in [4.69, 9.17) is 4.74 Å². The van der Waals surface area contributed by atoms with Crippen molar-refractivity contribution >= 4 is 34.2 Å². The molecule has 142 valence electrons. The molecule has 0 fully saturated rings. The molecular weight excluding hydrogens is 372 g/mol. The zero-order valence-electron chi connectivity index (χ0n) is 14.3. The Morgan fingerprint density at radius 1 is 1.18 bits per heavy atom. The summed E-state index contributed by atoms with van der Waals surface area (Å²) in [5, 5.41) is 32.4. The number of ether oxygens (including phenoxy) is 1. The van der Waals surface area contributed by atoms with Crippen molar-refractivity contribution in [2.45, 2.75) is 0 Å². The highest BCUT2D eigenvalue weighted by Gasteiger charge is 2.26. The number of benzene rings is 2. The van der Waals surface area contributed by atoms with Gasteiger partial charge in [-0.1, -0.05) is 12.1 Å². The van der Waals surface area contributed by atoms with Gasteiger partial charge in [-0.3, -0.25) is 25.0 Å². The van der Waals surface area contributed by atoms with Gasteiger partial charge in [0.25, 0.3) is 5.56 Å². The number of hydrogen-bond acceptors (Lipinski definition) is 8. The van der Waals surface area contributed by atoms with E-state index in [1.807, 2.05) is 0 Å². The SMILES string of the molecule is COc1ccccc1/C(O)=C/c1nc2cc([N+](=O)[O-])c([N+](=O)[O-])cc2[nH]c1=O. The summed E-state index contributed by atoms with van der Waals surface area (Å²) in [6.45, 7) is 0. The number of aliphatic hydroxyl groups excluding tert-OH is 1. The number of para-hydroxylation sites is 1. The van der Waals surface area contributed by atoms with Crippen molar-refractivity contribution in [1.82, 2.24) is 9.97 Å². The third-order valence-corrected chi connectivity index (χ3v) is 3.86. The number of aliphatic hydroxyl groups is 1. The Hall–Kier alpha value is -4.28. The molecule has 0 bridgehead atoms. The highest BCUT2D eigenvalue weighted by molar-refractivity contribution is 5.84. The molecule has 0 radical (unpaired) electrons. The topological polar surface area (TPSA) is 161 Å². The fourth-order valence-corrected chi connectivity index (χ4v) is 2.58. The fraction of sp³-hybridized carbons (Fsp3) is 0.0588. The number of hydrogen-bond donors (Lipinski definition) is 2. The molecule has 3 aromatic rings. The van der Waals surface area contributed by atoms with Crippen molar-refractivity contribution in [2.75, 3.05) is 7.11 Å². The Balaban J connectivity index is 2.18. The van der Waals surface area contributed by atoms with Crippen LogP contribution in [0, 0.1) is 20.2 Å². The van der Waals surface area contributed by atoms with Crippen molar-refractivity contribution in [2.24, 2.45) is 0 Å². The largest absolute Gasteiger partial charge is 0.507 e. The van der Waals surface area contributed by atoms with Gasteiger partial charge < -0.3 is 14.8 Å². The predicted octanol–water partition coefficient (Wildman–Crippen LogP) is 2.80. The van der Waals surface area contributed by atoms with Gasteiger partial charge >= 0.3 is 11.4 Å². The number of aromatic amines is 1. The van der Waals surface area contributed by atoms with Gasteiger partial charge in [0.2, 0.25) is 0 Å². The Morgan fingerprint density at radius 3 is 2.46 bits per heavy atom. The lowest BCUT2D eigenvalue weighted by Crippen LogP contribution is -2.12. The third-order valence-electron chi connectivity index (χ3n) is 3.86. The van der Waals surface area contributed by atoms with Crippen molar-refractivity contribution in [1.29, 1.82) is 0 Å². The monoisotopic (exact) mass is 384 g/mol. The predicted molar refractivity (Wildman–Crippen MR) is 99.2 cm³/mol. The smallest absolute Gasteiger partial charge is 0.348 e. The number of nitrogens with one attached hydrogen (secondary N) is 1. The summed E-state index contributed by atoms with van der Waals surface area (Å²) in [6, 6.07) is 8.29. The summed E-state index contributed by atoms with van der Waals surface area (Å²) in [7, 11) is 1.42. The van der Waals surface area contributed by atoms with Crippen LogP contribution in [0.4, 0.5) is 11.4 Å². The van der Waals surface area contributed by atoms with Gasteiger partial charge in [-0.25, -0.2) is 4.98 Å². The first-order valence-electron chi connectivity index (χ1n) is 7.72. The summed E-state index contributed by atoms with van der Waals surface area (Å²) in [5.41, 5.74) is -2.29. The number of aromatic nitrogens is 2. The molecule has 0 atom stereocenters. The van der Waals surface area contributed by atoms with E-state index in [9.17, 15) is 30.1 Å². The minimum Gasteiger partial charge on any atom is -0.507 e. The molecule has 0 saturated heterocycles. The Morgan fingerprint density at radius 2 is 1.82 bits per heavy atom. The van der Waals surface area contributed by atoms with Crippen LogP contribution in [-0.4, -0.2) is 32.0 Å². The van der Waals surface area contributed by atoms with E-state index in [0.29, 0.717) is 11.3 Å². The number of fused-ring (bicyclic) bond motifs is 1. The third kappa shape index (κ3) is 3.35. The standard InChI is InChI=1S/C17H12N4O7/c1-28-16-5-3-2-4-9(16)15(22)8-12-17(23)19-11-7-14(21(26)27)13(20(24)25)6-10(11)18-12/h2-8,22H,1H3,(H,19,23)/b15-8-. The maximum atomic E-state index is 12.2. The van der Waals surface area contributed by atoms with Crippen molar-refractivity contribution in [3.05, 3.63) is 78.2 Å². The molecule has 11 nitrogen and oxygen atoms in total. The Kier molecular flexibility index (Phi) is 4.73. The summed E-state index contributed by atoms with van der Waals surface area (Å²) >= 11 is 0. The molecule has 0 amide bonds. The summed E-state index contributed by atoms with van der Waals surface area (Å²) in [6.07, 6.45) is 1.07. The van der Waals surface area contributed by atoms with E-state index in [2.05, 4.69) is 9.97 Å². The molecule has 1 aromatic heterocycles. The minimum atomic E-state index is -0.919. The average molecular weight is 384 g/mol. The van der Waals surface area contributed by atoms with E-state index in [0.717, 1.165) is 18.2 Å². The molecule has 0 aliphatic rings. The van der Waals surface area contributed by atoms with E-state index in [1.165, 1.54) is 7.11 Å². The number of nitro benzene ring substituents is 2. The quantitative estimate of drug-likeness (QED) is 0.385. The maximum absolute atomic E-state index is 12.2. The van der Waals surface area contributed by atoms with Crippen molar-refractivity contribution in [3.8, 4) is 5.75 Å². The summed E-state index contributed by atoms with van der Waals surface area (Å²) in [4.78, 5) is 38.9. The van der Waals surface area contributed by atoms with E-state index in [1.54, 1.807) is 24.3 Å². The zero-order valence-corrected chi connectivity index (χ0v) is 14.3. The van der Waals surface area contributed by atoms with Gasteiger partial charge in [-0.2, -0.15) is 0 Å². The second kappa shape index (κ2) is 7.15. The maximum Gasteiger partial charge on any atom is 0.348 e. The van der Waals surface area contributed by atoms with Gasteiger partial charge in [-0.15, -0.1) is 0 Å². The highest BCUT2D eigenvalue weighted by atomic mass is 16.6. The molecule has 0 spiro atoms. The molecule has 0 aliphatic heterocycles. The molecule has 2 N–H and O–H groups in total.